The number of carbonyl (C=O) groups is 13. The number of nitrogens with two attached hydrogens (primary N) is 3. The first-order valence-corrected chi connectivity index (χ1v) is 26.0. The number of aromatic nitrogens is 1. The van der Waals surface area contributed by atoms with Gasteiger partial charge in [-0.1, -0.05) is 18.2 Å². The fourth-order valence-electron chi connectivity index (χ4n) is 7.41. The van der Waals surface area contributed by atoms with E-state index in [-0.39, 0.29) is 37.3 Å². The molecule has 0 aliphatic carbocycles. The number of nitrogens with one attached hydrogen (secondary N) is 11. The number of benzene rings is 1. The van der Waals surface area contributed by atoms with Gasteiger partial charge in [-0.15, -0.1) is 0 Å². The van der Waals surface area contributed by atoms with E-state index in [1.807, 2.05) is 0 Å². The van der Waals surface area contributed by atoms with E-state index in [0.29, 0.717) is 22.9 Å². The van der Waals surface area contributed by atoms with Gasteiger partial charge in [-0.3, -0.25) is 62.3 Å². The lowest BCUT2D eigenvalue weighted by molar-refractivity contribution is -0.138. The smallest absolute Gasteiger partial charge is 0.303 e. The molecule has 30 nitrogen and oxygen atoms in total. The molecule has 0 unspecified atom stereocenters. The van der Waals surface area contributed by atoms with E-state index in [2.05, 4.69) is 83.4 Å². The van der Waals surface area contributed by atoms with E-state index in [1.54, 1.807) is 30.5 Å². The Labute approximate surface area is 464 Å². The van der Waals surface area contributed by atoms with Crippen LogP contribution in [0.15, 0.2) is 30.5 Å². The number of aliphatic hydroxyl groups is 2. The van der Waals surface area contributed by atoms with Crippen molar-refractivity contribution >= 4 is 113 Å². The SMILES string of the molecule is CC(=O)N[C@@H](CS)C(=O)N[C@H](C(=O)N[C@@H](Cc1c[nH]c2ccccc12)C(=O)N[C@@H](CCC(=O)O)C(=O)NCC(=O)N[C@@H](CC(N)=O)C(=O)N[C@@H](CCCCN)C(=O)N[C@@H](C)C(=O)N[C@H](C(=O)N[C@@H](CS)C(N)=O)[C@@H](C)O)[C@@H](C)O. The van der Waals surface area contributed by atoms with Crippen LogP contribution in [-0.2, 0) is 68.7 Å². The monoisotopic (exact) mass is 1150 g/mol. The fraction of sp³-hybridized carbons (Fsp3) is 0.553. The lowest BCUT2D eigenvalue weighted by Gasteiger charge is -2.27. The average molecular weight is 1150 g/mol. The number of primary amides is 2. The number of hydrogen-bond acceptors (Lipinski definition) is 18. The van der Waals surface area contributed by atoms with Gasteiger partial charge in [-0.05, 0) is 64.6 Å². The molecule has 0 aliphatic heterocycles. The van der Waals surface area contributed by atoms with Gasteiger partial charge in [0.1, 0.15) is 54.4 Å². The molecule has 32 heteroatoms. The number of para-hydroxylation sites is 1. The number of unbranched alkanes of at least 4 members (excludes halogenated alkanes) is 1. The van der Waals surface area contributed by atoms with Crippen molar-refractivity contribution in [2.24, 2.45) is 17.2 Å². The Bertz CT molecular complexity index is 2510. The Morgan fingerprint density at radius 3 is 1.65 bits per heavy atom. The van der Waals surface area contributed by atoms with E-state index < -0.39 is 169 Å². The van der Waals surface area contributed by atoms with E-state index in [0.717, 1.165) is 6.92 Å². The number of aromatic amines is 1. The first-order valence-electron chi connectivity index (χ1n) is 24.7. The quantitative estimate of drug-likeness (QED) is 0.0225. The number of hydrogen-bond donors (Lipinski definition) is 19. The second-order valence-electron chi connectivity index (χ2n) is 18.2. The van der Waals surface area contributed by atoms with Crippen LogP contribution in [0.1, 0.15) is 71.8 Å². The van der Waals surface area contributed by atoms with Crippen LogP contribution in [0, 0.1) is 0 Å². The maximum Gasteiger partial charge on any atom is 0.303 e. The van der Waals surface area contributed by atoms with Crippen molar-refractivity contribution in [1.82, 2.24) is 58.2 Å². The number of thiol groups is 2. The van der Waals surface area contributed by atoms with Crippen molar-refractivity contribution in [3.8, 4) is 0 Å². The molecule has 0 radical (unpaired) electrons. The largest absolute Gasteiger partial charge is 0.481 e. The second-order valence-corrected chi connectivity index (χ2v) is 19.0. The maximum absolute atomic E-state index is 14.2. The summed E-state index contributed by atoms with van der Waals surface area (Å²) < 4.78 is 0. The highest BCUT2D eigenvalue weighted by Gasteiger charge is 2.36. The molecule has 12 amide bonds. The standard InChI is InChI=1S/C47H72N14O16S2/c1-21(40(70)60-37(22(2)62)47(77)59-32(19-78)39(50)69)53-42(72)28(11-7-8-14-48)56-44(74)31(16-34(49)65)55-35(66)18-52-41(71)29(12-13-36(67)68)57-43(73)30(15-25-17-51-27-10-6-5-9-26(25)27)58-46(76)38(23(3)63)61-45(75)33(20-79)54-24(4)64/h5-6,9-10,17,21-23,28-33,37-38,51,62-63,78-79H,7-8,11-16,18-20,48H2,1-4H3,(H2,49,65)(H2,50,69)(H,52,71)(H,53,72)(H,54,64)(H,55,66)(H,56,74)(H,57,73)(H,58,76)(H,59,77)(H,60,70)(H,61,75)(H,67,68)/t21-,22+,23+,28-,29-,30-,31-,32-,33-,37-,38-/m0/s1. The number of fused-ring (bicyclic) bond motifs is 1. The third kappa shape index (κ3) is 23.1. The van der Waals surface area contributed by atoms with Gasteiger partial charge in [0.05, 0.1) is 25.2 Å². The molecule has 0 fully saturated rings. The van der Waals surface area contributed by atoms with Crippen molar-refractivity contribution in [1.29, 1.82) is 0 Å². The van der Waals surface area contributed by atoms with E-state index >= 15 is 0 Å². The highest BCUT2D eigenvalue weighted by molar-refractivity contribution is 7.80. The summed E-state index contributed by atoms with van der Waals surface area (Å²) in [5, 5.41) is 54.2. The van der Waals surface area contributed by atoms with Crippen LogP contribution in [0.4, 0.5) is 0 Å². The van der Waals surface area contributed by atoms with Crippen molar-refractivity contribution in [3.63, 3.8) is 0 Å². The molecular formula is C47H72N14O16S2. The van der Waals surface area contributed by atoms with E-state index in [1.165, 1.54) is 20.8 Å². The fourth-order valence-corrected chi connectivity index (χ4v) is 7.94. The van der Waals surface area contributed by atoms with Crippen molar-refractivity contribution in [3.05, 3.63) is 36.0 Å². The number of aliphatic hydroxyl groups excluding tert-OH is 2. The van der Waals surface area contributed by atoms with Gasteiger partial charge in [0.25, 0.3) is 0 Å². The molecule has 1 aromatic heterocycles. The summed E-state index contributed by atoms with van der Waals surface area (Å²) in [5.74, 6) is -13.8. The van der Waals surface area contributed by atoms with Gasteiger partial charge >= 0.3 is 5.97 Å². The van der Waals surface area contributed by atoms with Crippen molar-refractivity contribution in [2.45, 2.75) is 139 Å². The summed E-state index contributed by atoms with van der Waals surface area (Å²) in [7, 11) is 0. The van der Waals surface area contributed by atoms with Crippen LogP contribution in [0.5, 0.6) is 0 Å². The van der Waals surface area contributed by atoms with Gasteiger partial charge in [-0.2, -0.15) is 25.3 Å². The number of aliphatic carboxylic acids is 1. The summed E-state index contributed by atoms with van der Waals surface area (Å²) in [6, 6.07) is -6.92. The summed E-state index contributed by atoms with van der Waals surface area (Å²) in [4.78, 5) is 172. The van der Waals surface area contributed by atoms with Crippen molar-refractivity contribution in [2.75, 3.05) is 24.6 Å². The number of amides is 12. The summed E-state index contributed by atoms with van der Waals surface area (Å²) in [6.07, 6.45) is -3.45. The molecule has 2 rings (SSSR count). The highest BCUT2D eigenvalue weighted by Crippen LogP contribution is 2.20. The highest BCUT2D eigenvalue weighted by atomic mass is 32.1. The Morgan fingerprint density at radius 1 is 0.595 bits per heavy atom. The predicted molar refractivity (Wildman–Crippen MR) is 288 cm³/mol. The van der Waals surface area contributed by atoms with E-state index in [9.17, 15) is 77.6 Å². The first kappa shape index (κ1) is 67.6. The van der Waals surface area contributed by atoms with Crippen LogP contribution >= 0.6 is 25.3 Å². The number of carboxylic acid groups (broad SMARTS) is 1. The Morgan fingerprint density at radius 2 is 1.11 bits per heavy atom. The third-order valence-electron chi connectivity index (χ3n) is 11.7. The Balaban J connectivity index is 2.33. The Kier molecular flexibility index (Phi) is 28.8. The molecule has 1 aromatic carbocycles. The molecule has 0 aliphatic rings. The van der Waals surface area contributed by atoms with Crippen LogP contribution in [0.25, 0.3) is 10.9 Å². The zero-order valence-electron chi connectivity index (χ0n) is 43.8. The van der Waals surface area contributed by atoms with Crippen molar-refractivity contribution < 1.29 is 77.6 Å². The molecule has 0 saturated carbocycles. The molecule has 20 N–H and O–H groups in total. The molecule has 1 heterocycles. The van der Waals surface area contributed by atoms with Gasteiger partial charge in [0.15, 0.2) is 0 Å². The predicted octanol–water partition coefficient (Wildman–Crippen LogP) is -6.79. The van der Waals surface area contributed by atoms with Gasteiger partial charge < -0.3 is 90.7 Å². The third-order valence-corrected chi connectivity index (χ3v) is 12.4. The van der Waals surface area contributed by atoms with E-state index in [4.69, 9.17) is 17.2 Å². The topological polar surface area (TPSA) is 497 Å². The molecule has 0 saturated heterocycles. The number of rotatable bonds is 35. The minimum Gasteiger partial charge on any atom is -0.481 e. The van der Waals surface area contributed by atoms with Gasteiger partial charge in [0.2, 0.25) is 70.9 Å². The molecule has 438 valence electrons. The molecule has 11 atom stereocenters. The van der Waals surface area contributed by atoms with Crippen LogP contribution in [-0.4, -0.2) is 188 Å². The zero-order valence-corrected chi connectivity index (χ0v) is 45.6. The normalized spacial score (nSPS) is 15.2. The number of carboxylic acids is 1. The summed E-state index contributed by atoms with van der Waals surface area (Å²) in [6.45, 7) is 3.91. The average Bonchev–Trinajstić information content (AvgIpc) is 3.79. The summed E-state index contributed by atoms with van der Waals surface area (Å²) >= 11 is 8.00. The minimum atomic E-state index is -1.79. The van der Waals surface area contributed by atoms with Gasteiger partial charge in [0, 0.05) is 48.4 Å². The molecular weight excluding hydrogens is 1080 g/mol. The lowest BCUT2D eigenvalue weighted by atomic mass is 10.0. The first-order chi connectivity index (χ1) is 37.1. The summed E-state index contributed by atoms with van der Waals surface area (Å²) in [5.41, 5.74) is 17.4. The number of H-pyrrole nitrogens is 1. The molecule has 0 spiro atoms. The minimum absolute atomic E-state index is 0.0996. The van der Waals surface area contributed by atoms with Gasteiger partial charge in [-0.25, -0.2) is 0 Å². The second kappa shape index (κ2) is 33.7. The molecule has 2 aromatic rings. The zero-order chi connectivity index (χ0) is 59.7. The Hall–Kier alpha value is -7.55. The lowest BCUT2D eigenvalue weighted by Crippen LogP contribution is -2.61. The molecule has 79 heavy (non-hydrogen) atoms. The van der Waals surface area contributed by atoms with Crippen LogP contribution < -0.4 is 70.4 Å². The molecule has 0 bridgehead atoms. The maximum atomic E-state index is 14.2. The van der Waals surface area contributed by atoms with Crippen LogP contribution in [0.3, 0.4) is 0 Å². The van der Waals surface area contributed by atoms with Crippen LogP contribution in [0.2, 0.25) is 0 Å². The number of carbonyl (C=O) groups excluding carboxylic acids is 12.